The minimum absolute atomic E-state index is 0.227. The number of nitrogens with one attached hydrogen (secondary N) is 1. The monoisotopic (exact) mass is 391 g/mol. The van der Waals surface area contributed by atoms with Gasteiger partial charge in [0.25, 0.3) is 11.8 Å². The van der Waals surface area contributed by atoms with E-state index >= 15 is 0 Å². The third-order valence-corrected chi connectivity index (χ3v) is 3.87. The molecule has 0 bridgehead atoms. The summed E-state index contributed by atoms with van der Waals surface area (Å²) in [5.74, 6) is 0.510. The van der Waals surface area contributed by atoms with E-state index in [0.717, 1.165) is 10.0 Å². The van der Waals surface area contributed by atoms with Crippen molar-refractivity contribution in [3.63, 3.8) is 0 Å². The number of rotatable bonds is 6. The fourth-order valence-corrected chi connectivity index (χ4v) is 2.79. The van der Waals surface area contributed by atoms with Crippen LogP contribution in [0, 0.1) is 0 Å². The molecule has 0 aliphatic heterocycles. The minimum atomic E-state index is -4.11. The molecule has 10 heteroatoms. The molecule has 0 saturated carbocycles. The highest BCUT2D eigenvalue weighted by atomic mass is 79.9. The Kier molecular flexibility index (Phi) is 5.36. The summed E-state index contributed by atoms with van der Waals surface area (Å²) in [6.45, 7) is 0.227. The van der Waals surface area contributed by atoms with Crippen LogP contribution in [0.15, 0.2) is 16.6 Å². The first-order valence-corrected chi connectivity index (χ1v) is 8.76. The number of ether oxygens (including phenoxy) is 2. The smallest absolute Gasteiger partial charge is 0.339 e. The Labute approximate surface area is 135 Å². The maximum absolute atomic E-state index is 10.9. The van der Waals surface area contributed by atoms with Crippen molar-refractivity contribution in [3.8, 4) is 11.8 Å². The summed E-state index contributed by atoms with van der Waals surface area (Å²) >= 11 is 3.38. The largest absolute Gasteiger partial charge is 0.477 e. The number of halogens is 1. The number of hydrogen-bond acceptors (Lipinski definition) is 6. The lowest BCUT2D eigenvalue weighted by Crippen LogP contribution is -2.15. The fraction of sp³-hybridized carbons (Fsp3) is 0.333. The first-order valence-electron chi connectivity index (χ1n) is 6.17. The van der Waals surface area contributed by atoms with Crippen molar-refractivity contribution in [1.82, 2.24) is 15.3 Å². The molecule has 0 atom stereocenters. The zero-order chi connectivity index (χ0) is 16.3. The number of nitrogens with zero attached hydrogens (tertiary/aromatic N) is 2. The van der Waals surface area contributed by atoms with E-state index in [1.165, 1.54) is 14.2 Å². The van der Waals surface area contributed by atoms with Crippen LogP contribution in [0.3, 0.4) is 0 Å². The average Bonchev–Trinajstić information content (AvgIpc) is 2.44. The molecule has 0 amide bonds. The Morgan fingerprint density at radius 3 is 2.45 bits per heavy atom. The summed E-state index contributed by atoms with van der Waals surface area (Å²) in [7, 11) is -1.17. The Bertz CT molecular complexity index is 736. The predicted molar refractivity (Wildman–Crippen MR) is 84.1 cm³/mol. The van der Waals surface area contributed by atoms with Gasteiger partial charge in [-0.3, -0.25) is 4.57 Å². The number of fused-ring (bicyclic) bond motifs is 1. The molecule has 8 nitrogen and oxygen atoms in total. The van der Waals surface area contributed by atoms with Gasteiger partial charge >= 0.3 is 7.60 Å². The van der Waals surface area contributed by atoms with Crippen LogP contribution in [0.4, 0.5) is 0 Å². The van der Waals surface area contributed by atoms with Gasteiger partial charge in [-0.15, -0.1) is 0 Å². The molecule has 0 aliphatic rings. The molecule has 0 unspecified atom stereocenters. The van der Waals surface area contributed by atoms with Crippen LogP contribution in [-0.4, -0.2) is 40.3 Å². The Hall–Kier alpha value is -1.25. The number of benzene rings is 1. The van der Waals surface area contributed by atoms with Crippen LogP contribution >= 0.6 is 23.5 Å². The molecular formula is C12H15BrN3O5P. The second-order valence-corrected chi connectivity index (χ2v) is 6.99. The molecule has 3 N–H and O–H groups in total. The lowest BCUT2D eigenvalue weighted by atomic mass is 10.1. The summed E-state index contributed by atoms with van der Waals surface area (Å²) in [6.07, 6.45) is -0.415. The second-order valence-electron chi connectivity index (χ2n) is 4.42. The highest BCUT2D eigenvalue weighted by Gasteiger charge is 2.15. The maximum atomic E-state index is 10.9. The minimum Gasteiger partial charge on any atom is -0.477 e. The fourth-order valence-electron chi connectivity index (χ4n) is 1.90. The molecule has 0 saturated heterocycles. The molecule has 0 radical (unpaired) electrons. The number of hydrogen-bond donors (Lipinski definition) is 3. The molecule has 2 rings (SSSR count). The molecule has 0 spiro atoms. The third kappa shape index (κ3) is 4.15. The summed E-state index contributed by atoms with van der Waals surface area (Å²) in [6, 6.07) is 3.58. The van der Waals surface area contributed by atoms with E-state index in [1.807, 2.05) is 0 Å². The molecule has 0 aliphatic carbocycles. The van der Waals surface area contributed by atoms with Gasteiger partial charge in [-0.05, 0) is 17.7 Å². The lowest BCUT2D eigenvalue weighted by Gasteiger charge is -2.11. The first kappa shape index (κ1) is 17.1. The lowest BCUT2D eigenvalue weighted by molar-refractivity contribution is 0.334. The van der Waals surface area contributed by atoms with Gasteiger partial charge in [-0.25, -0.2) is 9.97 Å². The average molecular weight is 392 g/mol. The molecule has 22 heavy (non-hydrogen) atoms. The highest BCUT2D eigenvalue weighted by Crippen LogP contribution is 2.33. The van der Waals surface area contributed by atoms with Crippen LogP contribution in [0.5, 0.6) is 11.8 Å². The Morgan fingerprint density at radius 2 is 1.86 bits per heavy atom. The normalized spacial score (nSPS) is 11.7. The van der Waals surface area contributed by atoms with E-state index in [1.54, 1.807) is 12.1 Å². The molecule has 2 aromatic rings. The van der Waals surface area contributed by atoms with Gasteiger partial charge in [-0.1, -0.05) is 15.9 Å². The van der Waals surface area contributed by atoms with E-state index < -0.39 is 13.9 Å². The zero-order valence-corrected chi connectivity index (χ0v) is 14.4. The van der Waals surface area contributed by atoms with Gasteiger partial charge in [0, 0.05) is 11.0 Å². The van der Waals surface area contributed by atoms with Gasteiger partial charge < -0.3 is 24.6 Å². The van der Waals surface area contributed by atoms with Crippen LogP contribution in [0.1, 0.15) is 5.56 Å². The van der Waals surface area contributed by atoms with Crippen molar-refractivity contribution in [2.45, 2.75) is 6.54 Å². The molecule has 1 heterocycles. The van der Waals surface area contributed by atoms with Crippen LogP contribution in [0.25, 0.3) is 11.0 Å². The standard InChI is InChI=1S/C12H15BrN3O5P/c1-20-11-12(21-2)16-10-7(5-14-6-22(17,18)19)3-8(13)4-9(10)15-11/h3-4,14H,5-6H2,1-2H3,(H2,17,18,19). The third-order valence-electron chi connectivity index (χ3n) is 2.77. The quantitative estimate of drug-likeness (QED) is 0.636. The van der Waals surface area contributed by atoms with Gasteiger partial charge in [0.2, 0.25) is 0 Å². The van der Waals surface area contributed by atoms with Crippen molar-refractivity contribution in [1.29, 1.82) is 0 Å². The SMILES string of the molecule is COc1nc2cc(Br)cc(CNCP(=O)(O)O)c2nc1OC. The van der Waals surface area contributed by atoms with Crippen molar-refractivity contribution < 1.29 is 23.8 Å². The van der Waals surface area contributed by atoms with Crippen molar-refractivity contribution in [2.24, 2.45) is 0 Å². The maximum Gasteiger partial charge on any atom is 0.339 e. The molecule has 0 fully saturated rings. The van der Waals surface area contributed by atoms with Crippen molar-refractivity contribution in [2.75, 3.05) is 20.5 Å². The Morgan fingerprint density at radius 1 is 1.23 bits per heavy atom. The van der Waals surface area contributed by atoms with Crippen LogP contribution < -0.4 is 14.8 Å². The summed E-state index contributed by atoms with van der Waals surface area (Å²) in [4.78, 5) is 26.5. The van der Waals surface area contributed by atoms with Gasteiger partial charge in [0.05, 0.1) is 31.5 Å². The topological polar surface area (TPSA) is 114 Å². The Balaban J connectivity index is 2.42. The van der Waals surface area contributed by atoms with E-state index in [4.69, 9.17) is 19.3 Å². The summed E-state index contributed by atoms with van der Waals surface area (Å²) in [5, 5.41) is 2.70. The first-order chi connectivity index (χ1) is 10.3. The van der Waals surface area contributed by atoms with Crippen LogP contribution in [-0.2, 0) is 11.1 Å². The molecular weight excluding hydrogens is 377 g/mol. The number of aromatic nitrogens is 2. The van der Waals surface area contributed by atoms with Gasteiger partial charge in [0.1, 0.15) is 0 Å². The highest BCUT2D eigenvalue weighted by molar-refractivity contribution is 9.10. The van der Waals surface area contributed by atoms with E-state index in [0.29, 0.717) is 11.0 Å². The summed E-state index contributed by atoms with van der Waals surface area (Å²) in [5.41, 5.74) is 1.88. The van der Waals surface area contributed by atoms with E-state index in [9.17, 15) is 4.57 Å². The predicted octanol–water partition coefficient (Wildman–Crippen LogP) is 1.63. The van der Waals surface area contributed by atoms with Crippen molar-refractivity contribution in [3.05, 3.63) is 22.2 Å². The van der Waals surface area contributed by atoms with Gasteiger partial charge in [0.15, 0.2) is 0 Å². The molecule has 1 aromatic heterocycles. The van der Waals surface area contributed by atoms with Crippen molar-refractivity contribution >= 4 is 34.6 Å². The zero-order valence-electron chi connectivity index (χ0n) is 11.9. The van der Waals surface area contributed by atoms with E-state index in [2.05, 4.69) is 31.2 Å². The van der Waals surface area contributed by atoms with E-state index in [-0.39, 0.29) is 18.3 Å². The molecule has 120 valence electrons. The van der Waals surface area contributed by atoms with Crippen LogP contribution in [0.2, 0.25) is 0 Å². The summed E-state index contributed by atoms with van der Waals surface area (Å²) < 4.78 is 21.9. The molecule has 1 aromatic carbocycles. The number of methoxy groups -OCH3 is 2. The van der Waals surface area contributed by atoms with Gasteiger partial charge in [-0.2, -0.15) is 0 Å². The second kappa shape index (κ2) is 6.89.